The van der Waals surface area contributed by atoms with E-state index >= 15 is 0 Å². The molecule has 1 atom stereocenters. The molecule has 1 saturated carbocycles. The largest absolute Gasteiger partial charge is 0.386 e. The number of hydrogen-bond donors (Lipinski definition) is 2. The summed E-state index contributed by atoms with van der Waals surface area (Å²) >= 11 is 0. The second kappa shape index (κ2) is 3.76. The molecule has 1 amide bonds. The highest BCUT2D eigenvalue weighted by Gasteiger charge is 2.53. The molecule has 0 aromatic heterocycles. The van der Waals surface area contributed by atoms with E-state index in [1.54, 1.807) is 4.90 Å². The van der Waals surface area contributed by atoms with Crippen molar-refractivity contribution in [1.29, 1.82) is 0 Å². The molecule has 1 unspecified atom stereocenters. The van der Waals surface area contributed by atoms with Gasteiger partial charge in [-0.3, -0.25) is 4.79 Å². The Kier molecular flexibility index (Phi) is 2.73. The third-order valence-corrected chi connectivity index (χ3v) is 3.70. The van der Waals surface area contributed by atoms with Crippen LogP contribution in [0.1, 0.15) is 26.2 Å². The molecule has 1 aliphatic carbocycles. The normalized spacial score (nSPS) is 25.9. The van der Waals surface area contributed by atoms with Gasteiger partial charge < -0.3 is 15.7 Å². The highest BCUT2D eigenvalue weighted by Crippen LogP contribution is 2.44. The predicted octanol–water partition coefficient (Wildman–Crippen LogP) is -0.0454. The molecule has 1 saturated heterocycles. The fraction of sp³-hybridized carbons (Fsp3) is 0.909. The summed E-state index contributed by atoms with van der Waals surface area (Å²) in [5, 5.41) is 10.1. The average molecular weight is 212 g/mol. The van der Waals surface area contributed by atoms with Gasteiger partial charge in [0.25, 0.3) is 0 Å². The average Bonchev–Trinajstić information content (AvgIpc) is 2.98. The maximum atomic E-state index is 11.9. The third kappa shape index (κ3) is 1.88. The van der Waals surface area contributed by atoms with Crippen molar-refractivity contribution in [2.24, 2.45) is 17.6 Å². The maximum absolute atomic E-state index is 11.9. The number of nitrogens with zero attached hydrogens (tertiary/aromatic N) is 1. The number of rotatable bonds is 4. The summed E-state index contributed by atoms with van der Waals surface area (Å²) in [5.74, 6) is 0.499. The molecule has 3 N–H and O–H groups in total. The predicted molar refractivity (Wildman–Crippen MR) is 57.1 cm³/mol. The van der Waals surface area contributed by atoms with Gasteiger partial charge in [0.2, 0.25) is 5.91 Å². The van der Waals surface area contributed by atoms with Gasteiger partial charge in [-0.1, -0.05) is 6.92 Å². The maximum Gasteiger partial charge on any atom is 0.227 e. The molecule has 0 radical (unpaired) electrons. The molecule has 2 rings (SSSR count). The van der Waals surface area contributed by atoms with Crippen molar-refractivity contribution in [1.82, 2.24) is 4.90 Å². The summed E-state index contributed by atoms with van der Waals surface area (Å²) in [5.41, 5.74) is 4.96. The summed E-state index contributed by atoms with van der Waals surface area (Å²) in [6.45, 7) is 3.43. The summed E-state index contributed by atoms with van der Waals surface area (Å²) in [6, 6.07) is 0. The quantitative estimate of drug-likeness (QED) is 0.687. The van der Waals surface area contributed by atoms with E-state index in [-0.39, 0.29) is 11.8 Å². The van der Waals surface area contributed by atoms with Crippen molar-refractivity contribution in [3.8, 4) is 0 Å². The number of hydrogen-bond acceptors (Lipinski definition) is 3. The number of likely N-dealkylation sites (tertiary alicyclic amines) is 1. The number of carbonyl (C=O) groups excluding carboxylic acids is 1. The zero-order valence-corrected chi connectivity index (χ0v) is 9.28. The van der Waals surface area contributed by atoms with Crippen LogP contribution >= 0.6 is 0 Å². The molecule has 0 bridgehead atoms. The Morgan fingerprint density at radius 3 is 2.60 bits per heavy atom. The van der Waals surface area contributed by atoms with Crippen LogP contribution in [0.15, 0.2) is 0 Å². The Morgan fingerprint density at radius 2 is 2.20 bits per heavy atom. The van der Waals surface area contributed by atoms with Crippen LogP contribution in [0, 0.1) is 11.8 Å². The van der Waals surface area contributed by atoms with Crippen molar-refractivity contribution >= 4 is 5.91 Å². The molecular weight excluding hydrogens is 192 g/mol. The minimum absolute atomic E-state index is 0.0613. The standard InChI is InChI=1S/C11H20N2O2/c1-2-8(5-12)10(14)13-6-11(15,7-13)9-3-4-9/h8-9,15H,2-7,12H2,1H3. The van der Waals surface area contributed by atoms with E-state index < -0.39 is 5.60 Å². The van der Waals surface area contributed by atoms with Crippen molar-refractivity contribution in [3.63, 3.8) is 0 Å². The topological polar surface area (TPSA) is 66.6 Å². The minimum atomic E-state index is -0.567. The van der Waals surface area contributed by atoms with Gasteiger partial charge in [-0.25, -0.2) is 0 Å². The summed E-state index contributed by atoms with van der Waals surface area (Å²) in [4.78, 5) is 13.6. The van der Waals surface area contributed by atoms with Crippen molar-refractivity contribution < 1.29 is 9.90 Å². The van der Waals surface area contributed by atoms with E-state index in [4.69, 9.17) is 5.73 Å². The smallest absolute Gasteiger partial charge is 0.227 e. The lowest BCUT2D eigenvalue weighted by atomic mass is 9.87. The molecule has 86 valence electrons. The monoisotopic (exact) mass is 212 g/mol. The Balaban J connectivity index is 1.85. The summed E-state index contributed by atoms with van der Waals surface area (Å²) in [6.07, 6.45) is 3.02. The van der Waals surface area contributed by atoms with Crippen molar-refractivity contribution in [3.05, 3.63) is 0 Å². The SMILES string of the molecule is CCC(CN)C(=O)N1CC(O)(C2CC2)C1. The number of carbonyl (C=O) groups is 1. The van der Waals surface area contributed by atoms with Crippen LogP contribution in [0.2, 0.25) is 0 Å². The highest BCUT2D eigenvalue weighted by molar-refractivity contribution is 5.80. The first-order chi connectivity index (χ1) is 7.10. The van der Waals surface area contributed by atoms with E-state index in [0.29, 0.717) is 25.6 Å². The lowest BCUT2D eigenvalue weighted by Gasteiger charge is -2.48. The Hall–Kier alpha value is -0.610. The second-order valence-electron chi connectivity index (χ2n) is 4.91. The van der Waals surface area contributed by atoms with Crippen LogP contribution in [0.4, 0.5) is 0 Å². The molecule has 0 aromatic carbocycles. The Bertz CT molecular complexity index is 253. The van der Waals surface area contributed by atoms with E-state index in [0.717, 1.165) is 19.3 Å². The molecule has 1 heterocycles. The van der Waals surface area contributed by atoms with Crippen LogP contribution in [0.25, 0.3) is 0 Å². The highest BCUT2D eigenvalue weighted by atomic mass is 16.3. The first-order valence-electron chi connectivity index (χ1n) is 5.82. The molecule has 4 nitrogen and oxygen atoms in total. The number of nitrogens with two attached hydrogens (primary N) is 1. The number of β-amino-alcohol motifs (C(OH)–C–C–N with tert-alkyl or cyclic N) is 1. The van der Waals surface area contributed by atoms with Gasteiger partial charge in [-0.15, -0.1) is 0 Å². The molecule has 2 fully saturated rings. The van der Waals surface area contributed by atoms with Crippen LogP contribution < -0.4 is 5.73 Å². The van der Waals surface area contributed by atoms with E-state index in [1.807, 2.05) is 6.92 Å². The molecule has 0 aromatic rings. The van der Waals surface area contributed by atoms with Crippen LogP contribution in [0.5, 0.6) is 0 Å². The number of amides is 1. The van der Waals surface area contributed by atoms with Crippen LogP contribution in [0.3, 0.4) is 0 Å². The van der Waals surface area contributed by atoms with E-state index in [2.05, 4.69) is 0 Å². The fourth-order valence-electron chi connectivity index (χ4n) is 2.35. The lowest BCUT2D eigenvalue weighted by molar-refractivity contribution is -0.163. The zero-order valence-electron chi connectivity index (χ0n) is 9.28. The Labute approximate surface area is 90.4 Å². The van der Waals surface area contributed by atoms with Gasteiger partial charge in [-0.05, 0) is 25.2 Å². The van der Waals surface area contributed by atoms with Gasteiger partial charge in [0.05, 0.1) is 19.0 Å². The van der Waals surface area contributed by atoms with Gasteiger partial charge in [0.1, 0.15) is 5.60 Å². The van der Waals surface area contributed by atoms with Gasteiger partial charge >= 0.3 is 0 Å². The minimum Gasteiger partial charge on any atom is -0.386 e. The Morgan fingerprint density at radius 1 is 1.60 bits per heavy atom. The summed E-state index contributed by atoms with van der Waals surface area (Å²) in [7, 11) is 0. The van der Waals surface area contributed by atoms with E-state index in [1.165, 1.54) is 0 Å². The lowest BCUT2D eigenvalue weighted by Crippen LogP contribution is -2.65. The fourth-order valence-corrected chi connectivity index (χ4v) is 2.35. The van der Waals surface area contributed by atoms with Crippen molar-refractivity contribution in [2.75, 3.05) is 19.6 Å². The molecule has 2 aliphatic rings. The first-order valence-corrected chi connectivity index (χ1v) is 5.82. The third-order valence-electron chi connectivity index (χ3n) is 3.70. The summed E-state index contributed by atoms with van der Waals surface area (Å²) < 4.78 is 0. The van der Waals surface area contributed by atoms with Gasteiger partial charge in [0, 0.05) is 6.54 Å². The molecule has 4 heteroatoms. The zero-order chi connectivity index (χ0) is 11.1. The first kappa shape index (κ1) is 10.9. The molecule has 1 aliphatic heterocycles. The van der Waals surface area contributed by atoms with Gasteiger partial charge in [-0.2, -0.15) is 0 Å². The second-order valence-corrected chi connectivity index (χ2v) is 4.91. The van der Waals surface area contributed by atoms with Crippen LogP contribution in [-0.2, 0) is 4.79 Å². The molecule has 0 spiro atoms. The molecular formula is C11H20N2O2. The van der Waals surface area contributed by atoms with Crippen LogP contribution in [-0.4, -0.2) is 41.1 Å². The van der Waals surface area contributed by atoms with Crippen molar-refractivity contribution in [2.45, 2.75) is 31.8 Å². The molecule has 15 heavy (non-hydrogen) atoms. The van der Waals surface area contributed by atoms with Gasteiger partial charge in [0.15, 0.2) is 0 Å². The number of aliphatic hydroxyl groups is 1. The van der Waals surface area contributed by atoms with E-state index in [9.17, 15) is 9.90 Å².